The molecule has 2 aliphatic heterocycles. The lowest BCUT2D eigenvalue weighted by atomic mass is 10.2. The second-order valence-electron chi connectivity index (χ2n) is 4.29. The van der Waals surface area contributed by atoms with Gasteiger partial charge in [-0.25, -0.2) is 4.79 Å². The van der Waals surface area contributed by atoms with Gasteiger partial charge in [-0.3, -0.25) is 14.3 Å². The van der Waals surface area contributed by atoms with E-state index < -0.39 is 23.6 Å². The van der Waals surface area contributed by atoms with E-state index in [2.05, 4.69) is 4.98 Å². The molecular formula is C10H12N2O5. The van der Waals surface area contributed by atoms with E-state index in [4.69, 9.17) is 14.6 Å². The van der Waals surface area contributed by atoms with Crippen molar-refractivity contribution in [3.63, 3.8) is 0 Å². The number of nitrogens with one attached hydrogen (secondary N) is 1. The molecule has 1 aromatic rings. The quantitative estimate of drug-likeness (QED) is 0.613. The van der Waals surface area contributed by atoms with E-state index in [1.54, 1.807) is 6.92 Å². The summed E-state index contributed by atoms with van der Waals surface area (Å²) in [5.74, 6) is 0. The summed E-state index contributed by atoms with van der Waals surface area (Å²) in [6, 6.07) is 0. The first kappa shape index (κ1) is 10.7. The van der Waals surface area contributed by atoms with Crippen molar-refractivity contribution in [3.05, 3.63) is 32.6 Å². The fourth-order valence-electron chi connectivity index (χ4n) is 2.14. The Morgan fingerprint density at radius 3 is 2.82 bits per heavy atom. The molecule has 2 aliphatic rings. The van der Waals surface area contributed by atoms with Gasteiger partial charge in [-0.15, -0.1) is 0 Å². The molecule has 92 valence electrons. The fraction of sp³-hybridized carbons (Fsp3) is 0.600. The van der Waals surface area contributed by atoms with Crippen molar-refractivity contribution in [2.45, 2.75) is 31.5 Å². The van der Waals surface area contributed by atoms with Crippen molar-refractivity contribution in [1.82, 2.24) is 9.55 Å². The molecule has 0 radical (unpaired) electrons. The van der Waals surface area contributed by atoms with Crippen LogP contribution in [0.25, 0.3) is 0 Å². The van der Waals surface area contributed by atoms with Crippen LogP contribution in [0.5, 0.6) is 0 Å². The maximum absolute atomic E-state index is 11.6. The molecule has 7 heteroatoms. The van der Waals surface area contributed by atoms with Crippen molar-refractivity contribution in [3.8, 4) is 0 Å². The lowest BCUT2D eigenvalue weighted by Gasteiger charge is -2.18. The summed E-state index contributed by atoms with van der Waals surface area (Å²) in [5.41, 5.74) is -0.507. The molecular weight excluding hydrogens is 228 g/mol. The molecule has 4 atom stereocenters. The van der Waals surface area contributed by atoms with Gasteiger partial charge in [-0.05, 0) is 6.92 Å². The molecule has 2 saturated heterocycles. The molecule has 0 aliphatic carbocycles. The van der Waals surface area contributed by atoms with Crippen molar-refractivity contribution < 1.29 is 14.6 Å². The van der Waals surface area contributed by atoms with Gasteiger partial charge in [0, 0.05) is 11.8 Å². The molecule has 1 aromatic heterocycles. The Labute approximate surface area is 95.6 Å². The molecule has 0 unspecified atom stereocenters. The molecule has 17 heavy (non-hydrogen) atoms. The minimum atomic E-state index is -0.569. The average Bonchev–Trinajstić information content (AvgIpc) is 3.00. The molecule has 3 heterocycles. The Balaban J connectivity index is 1.98. The highest BCUT2D eigenvalue weighted by molar-refractivity contribution is 5.06. The monoisotopic (exact) mass is 240 g/mol. The molecule has 7 nitrogen and oxygen atoms in total. The van der Waals surface area contributed by atoms with Crippen LogP contribution in [0.2, 0.25) is 0 Å². The first-order valence-electron chi connectivity index (χ1n) is 5.35. The summed E-state index contributed by atoms with van der Waals surface area (Å²) in [7, 11) is 0. The Bertz CT molecular complexity index is 563. The van der Waals surface area contributed by atoms with Crippen LogP contribution >= 0.6 is 0 Å². The molecule has 0 bridgehead atoms. The third kappa shape index (κ3) is 1.54. The van der Waals surface area contributed by atoms with E-state index in [1.165, 1.54) is 10.8 Å². The van der Waals surface area contributed by atoms with E-state index in [9.17, 15) is 9.59 Å². The van der Waals surface area contributed by atoms with Crippen LogP contribution in [0.3, 0.4) is 0 Å². The number of hydrogen-bond acceptors (Lipinski definition) is 5. The summed E-state index contributed by atoms with van der Waals surface area (Å²) in [6.45, 7) is 1.47. The van der Waals surface area contributed by atoms with Crippen LogP contribution in [0.15, 0.2) is 15.8 Å². The van der Waals surface area contributed by atoms with Gasteiger partial charge in [0.25, 0.3) is 5.56 Å². The van der Waals surface area contributed by atoms with Crippen LogP contribution in [0.4, 0.5) is 0 Å². The van der Waals surface area contributed by atoms with Crippen LogP contribution in [-0.2, 0) is 9.47 Å². The minimum Gasteiger partial charge on any atom is -0.394 e. The van der Waals surface area contributed by atoms with Gasteiger partial charge in [0.15, 0.2) is 6.23 Å². The number of aromatic nitrogens is 2. The van der Waals surface area contributed by atoms with Crippen LogP contribution < -0.4 is 11.2 Å². The lowest BCUT2D eigenvalue weighted by molar-refractivity contribution is -0.0857. The molecule has 3 rings (SSSR count). The average molecular weight is 240 g/mol. The minimum absolute atomic E-state index is 0.144. The van der Waals surface area contributed by atoms with Gasteiger partial charge in [-0.2, -0.15) is 0 Å². The van der Waals surface area contributed by atoms with Crippen molar-refractivity contribution >= 4 is 0 Å². The molecule has 2 N–H and O–H groups in total. The van der Waals surface area contributed by atoms with E-state index in [0.29, 0.717) is 5.56 Å². The van der Waals surface area contributed by atoms with E-state index in [-0.39, 0.29) is 18.8 Å². The third-order valence-corrected chi connectivity index (χ3v) is 3.12. The molecule has 0 amide bonds. The number of aliphatic hydroxyl groups is 1. The number of aliphatic hydroxyl groups excluding tert-OH is 1. The normalized spacial score (nSPS) is 34.7. The van der Waals surface area contributed by atoms with Crippen LogP contribution in [-0.4, -0.2) is 39.6 Å². The Morgan fingerprint density at radius 1 is 1.41 bits per heavy atom. The number of nitrogens with zero attached hydrogens (tertiary/aromatic N) is 1. The zero-order chi connectivity index (χ0) is 12.2. The maximum atomic E-state index is 11.6. The number of aryl methyl sites for hydroxylation is 1. The van der Waals surface area contributed by atoms with Crippen molar-refractivity contribution in [2.24, 2.45) is 0 Å². The molecule has 0 aromatic carbocycles. The fourth-order valence-corrected chi connectivity index (χ4v) is 2.14. The van der Waals surface area contributed by atoms with E-state index in [0.717, 1.165) is 0 Å². The topological polar surface area (TPSA) is 96.8 Å². The summed E-state index contributed by atoms with van der Waals surface area (Å²) in [6.07, 6.45) is 0.119. The highest BCUT2D eigenvalue weighted by Crippen LogP contribution is 2.43. The second kappa shape index (κ2) is 3.52. The van der Waals surface area contributed by atoms with Gasteiger partial charge in [0.05, 0.1) is 6.61 Å². The maximum Gasteiger partial charge on any atom is 0.330 e. The van der Waals surface area contributed by atoms with Crippen molar-refractivity contribution in [2.75, 3.05) is 6.61 Å². The van der Waals surface area contributed by atoms with Gasteiger partial charge < -0.3 is 14.6 Å². The van der Waals surface area contributed by atoms with Gasteiger partial charge in [-0.1, -0.05) is 0 Å². The summed E-state index contributed by atoms with van der Waals surface area (Å²) in [4.78, 5) is 25.1. The predicted octanol–water partition coefficient (Wildman–Crippen LogP) is -1.50. The molecule has 0 saturated carbocycles. The summed E-state index contributed by atoms with van der Waals surface area (Å²) >= 11 is 0. The number of rotatable bonds is 2. The lowest BCUT2D eigenvalue weighted by Crippen LogP contribution is -2.35. The Kier molecular flexibility index (Phi) is 2.22. The molecule has 2 fully saturated rings. The number of epoxide rings is 1. The standard InChI is InChI=1S/C10H12N2O5/c1-4-2-12(10(15)11-8(4)14)9-7-6(17-7)5(3-13)16-9/h2,5-7,9,13H,3H2,1H3,(H,11,14,15)/t5-,6-,7-,9+/m0/s1. The van der Waals surface area contributed by atoms with Gasteiger partial charge in [0.1, 0.15) is 18.3 Å². The number of fused-ring (bicyclic) bond motifs is 1. The third-order valence-electron chi connectivity index (χ3n) is 3.12. The summed E-state index contributed by atoms with van der Waals surface area (Å²) < 4.78 is 12.1. The van der Waals surface area contributed by atoms with Crippen molar-refractivity contribution in [1.29, 1.82) is 0 Å². The first-order chi connectivity index (χ1) is 8.11. The van der Waals surface area contributed by atoms with Gasteiger partial charge in [0.2, 0.25) is 0 Å². The van der Waals surface area contributed by atoms with Crippen LogP contribution in [0, 0.1) is 6.92 Å². The highest BCUT2D eigenvalue weighted by Gasteiger charge is 2.58. The predicted molar refractivity (Wildman–Crippen MR) is 55.7 cm³/mol. The zero-order valence-electron chi connectivity index (χ0n) is 9.12. The highest BCUT2D eigenvalue weighted by atomic mass is 16.7. The SMILES string of the molecule is Cc1cn([C@@H]2O[C@@H](CO)[C@@H]3O[C@@H]32)c(=O)[nH]c1=O. The number of hydrogen-bond donors (Lipinski definition) is 2. The summed E-state index contributed by atoms with van der Waals surface area (Å²) in [5, 5.41) is 9.05. The van der Waals surface area contributed by atoms with E-state index >= 15 is 0 Å². The van der Waals surface area contributed by atoms with E-state index in [1.807, 2.05) is 0 Å². The van der Waals surface area contributed by atoms with Crippen LogP contribution in [0.1, 0.15) is 11.8 Å². The largest absolute Gasteiger partial charge is 0.394 e. The van der Waals surface area contributed by atoms with Gasteiger partial charge >= 0.3 is 5.69 Å². The number of H-pyrrole nitrogens is 1. The zero-order valence-corrected chi connectivity index (χ0v) is 9.12. The Hall–Kier alpha value is -1.44. The molecule has 0 spiro atoms. The smallest absolute Gasteiger partial charge is 0.330 e. The first-order valence-corrected chi connectivity index (χ1v) is 5.35. The second-order valence-corrected chi connectivity index (χ2v) is 4.29. The number of aromatic amines is 1. The Morgan fingerprint density at radius 2 is 2.18 bits per heavy atom. The number of ether oxygens (including phenoxy) is 2.